The van der Waals surface area contributed by atoms with Crippen LogP contribution in [0.2, 0.25) is 0 Å². The number of carbonyl (C=O) groups excluding carboxylic acids is 1. The molecule has 0 spiro atoms. The Morgan fingerprint density at radius 3 is 2.58 bits per heavy atom. The van der Waals surface area contributed by atoms with Gasteiger partial charge in [-0.25, -0.2) is 0 Å². The summed E-state index contributed by atoms with van der Waals surface area (Å²) in [5, 5.41) is 6.36. The fourth-order valence-electron chi connectivity index (χ4n) is 2.54. The molecule has 104 valence electrons. The molecular weight excluding hydrogens is 236 g/mol. The number of nitrogens with one attached hydrogen (secondary N) is 2. The van der Waals surface area contributed by atoms with Gasteiger partial charge in [0.15, 0.2) is 0 Å². The summed E-state index contributed by atoms with van der Waals surface area (Å²) in [6.45, 7) is 10.2. The van der Waals surface area contributed by atoms with Crippen LogP contribution in [-0.2, 0) is 4.79 Å². The normalized spacial score (nSPS) is 18.5. The van der Waals surface area contributed by atoms with E-state index in [2.05, 4.69) is 49.6 Å². The first-order chi connectivity index (χ1) is 9.00. The second-order valence-electron chi connectivity index (χ2n) is 5.73. The largest absolute Gasteiger partial charge is 0.349 e. The second-order valence-corrected chi connectivity index (χ2v) is 5.73. The van der Waals surface area contributed by atoms with E-state index in [0.29, 0.717) is 5.92 Å². The minimum atomic E-state index is 0.0721. The van der Waals surface area contributed by atoms with Gasteiger partial charge < -0.3 is 10.6 Å². The maximum atomic E-state index is 12.2. The lowest BCUT2D eigenvalue weighted by Crippen LogP contribution is -2.49. The van der Waals surface area contributed by atoms with E-state index in [1.165, 1.54) is 16.7 Å². The van der Waals surface area contributed by atoms with Crippen LogP contribution < -0.4 is 10.6 Å². The Balaban J connectivity index is 2.01. The predicted octanol–water partition coefficient (Wildman–Crippen LogP) is 2.34. The van der Waals surface area contributed by atoms with Crippen LogP contribution in [0, 0.1) is 25.7 Å². The van der Waals surface area contributed by atoms with Crippen LogP contribution in [-0.4, -0.2) is 19.0 Å². The Kier molecular flexibility index (Phi) is 4.25. The van der Waals surface area contributed by atoms with Gasteiger partial charge in [-0.1, -0.05) is 25.1 Å². The van der Waals surface area contributed by atoms with Crippen molar-refractivity contribution in [1.82, 2.24) is 10.6 Å². The van der Waals surface area contributed by atoms with Crippen LogP contribution in [0.3, 0.4) is 0 Å². The molecule has 1 fully saturated rings. The van der Waals surface area contributed by atoms with Crippen LogP contribution in [0.4, 0.5) is 0 Å². The number of hydrogen-bond acceptors (Lipinski definition) is 2. The first-order valence-corrected chi connectivity index (χ1v) is 7.08. The van der Waals surface area contributed by atoms with Gasteiger partial charge in [-0.15, -0.1) is 0 Å². The molecule has 0 radical (unpaired) electrons. The van der Waals surface area contributed by atoms with E-state index in [1.807, 2.05) is 6.92 Å². The summed E-state index contributed by atoms with van der Waals surface area (Å²) in [4.78, 5) is 12.2. The van der Waals surface area contributed by atoms with Gasteiger partial charge >= 0.3 is 0 Å². The van der Waals surface area contributed by atoms with Crippen LogP contribution in [0.1, 0.15) is 36.6 Å². The predicted molar refractivity (Wildman–Crippen MR) is 78.0 cm³/mol. The summed E-state index contributed by atoms with van der Waals surface area (Å²) >= 11 is 0. The summed E-state index contributed by atoms with van der Waals surface area (Å²) in [5.74, 6) is 0.750. The fraction of sp³-hybridized carbons (Fsp3) is 0.562. The Morgan fingerprint density at radius 1 is 1.32 bits per heavy atom. The number of amides is 1. The zero-order valence-electron chi connectivity index (χ0n) is 12.3. The minimum Gasteiger partial charge on any atom is -0.349 e. The third-order valence-corrected chi connectivity index (χ3v) is 4.41. The number of hydrogen-bond donors (Lipinski definition) is 2. The average Bonchev–Trinajstić information content (AvgIpc) is 2.30. The Bertz CT molecular complexity index is 466. The summed E-state index contributed by atoms with van der Waals surface area (Å²) < 4.78 is 0. The smallest absolute Gasteiger partial charge is 0.223 e. The van der Waals surface area contributed by atoms with Crippen LogP contribution >= 0.6 is 0 Å². The molecular formula is C16H24N2O. The Labute approximate surface area is 115 Å². The molecule has 2 N–H and O–H groups in total. The standard InChI is InChI=1S/C16H24N2O/c1-10-6-5-7-15(11(10)2)13(4)18-16(19)12(3)14-8-17-9-14/h5-7,12-14,17H,8-9H2,1-4H3,(H,18,19). The van der Waals surface area contributed by atoms with Gasteiger partial charge in [-0.3, -0.25) is 4.79 Å². The third kappa shape index (κ3) is 2.98. The molecule has 0 saturated carbocycles. The molecule has 1 heterocycles. The van der Waals surface area contributed by atoms with E-state index in [-0.39, 0.29) is 17.9 Å². The van der Waals surface area contributed by atoms with Crippen molar-refractivity contribution in [3.05, 3.63) is 34.9 Å². The molecule has 1 saturated heterocycles. The molecule has 0 bridgehead atoms. The number of carbonyl (C=O) groups is 1. The monoisotopic (exact) mass is 260 g/mol. The quantitative estimate of drug-likeness (QED) is 0.872. The Morgan fingerprint density at radius 2 is 2.00 bits per heavy atom. The summed E-state index contributed by atoms with van der Waals surface area (Å²) in [6.07, 6.45) is 0. The van der Waals surface area contributed by atoms with Crippen molar-refractivity contribution >= 4 is 5.91 Å². The van der Waals surface area contributed by atoms with E-state index < -0.39 is 0 Å². The average molecular weight is 260 g/mol. The lowest BCUT2D eigenvalue weighted by atomic mass is 9.88. The molecule has 2 unspecified atom stereocenters. The molecule has 1 aliphatic rings. The molecule has 19 heavy (non-hydrogen) atoms. The maximum Gasteiger partial charge on any atom is 0.223 e. The summed E-state index contributed by atoms with van der Waals surface area (Å²) in [6, 6.07) is 6.33. The highest BCUT2D eigenvalue weighted by atomic mass is 16.1. The minimum absolute atomic E-state index is 0.0721. The van der Waals surface area contributed by atoms with Crippen molar-refractivity contribution in [2.24, 2.45) is 11.8 Å². The molecule has 0 aromatic heterocycles. The second kappa shape index (κ2) is 5.74. The summed E-state index contributed by atoms with van der Waals surface area (Å²) in [7, 11) is 0. The molecule has 2 atom stereocenters. The first kappa shape index (κ1) is 14.1. The zero-order chi connectivity index (χ0) is 14.0. The molecule has 1 aromatic rings. The SMILES string of the molecule is Cc1cccc(C(C)NC(=O)C(C)C2CNC2)c1C. The molecule has 1 aromatic carbocycles. The molecule has 1 amide bonds. The lowest BCUT2D eigenvalue weighted by Gasteiger charge is -2.32. The van der Waals surface area contributed by atoms with Gasteiger partial charge in [0.1, 0.15) is 0 Å². The van der Waals surface area contributed by atoms with Gasteiger partial charge in [0.05, 0.1) is 6.04 Å². The van der Waals surface area contributed by atoms with E-state index in [0.717, 1.165) is 13.1 Å². The lowest BCUT2D eigenvalue weighted by molar-refractivity contribution is -0.127. The highest BCUT2D eigenvalue weighted by Crippen LogP contribution is 2.22. The van der Waals surface area contributed by atoms with E-state index >= 15 is 0 Å². The van der Waals surface area contributed by atoms with Gasteiger partial charge in [-0.05, 0) is 56.5 Å². The van der Waals surface area contributed by atoms with Gasteiger partial charge in [0, 0.05) is 5.92 Å². The van der Waals surface area contributed by atoms with Crippen molar-refractivity contribution in [2.75, 3.05) is 13.1 Å². The van der Waals surface area contributed by atoms with Gasteiger partial charge in [-0.2, -0.15) is 0 Å². The van der Waals surface area contributed by atoms with Gasteiger partial charge in [0.2, 0.25) is 5.91 Å². The van der Waals surface area contributed by atoms with Crippen molar-refractivity contribution in [2.45, 2.75) is 33.7 Å². The van der Waals surface area contributed by atoms with E-state index in [9.17, 15) is 4.79 Å². The molecule has 0 aliphatic carbocycles. The molecule has 1 aliphatic heterocycles. The molecule has 3 heteroatoms. The topological polar surface area (TPSA) is 41.1 Å². The van der Waals surface area contributed by atoms with Crippen LogP contribution in [0.25, 0.3) is 0 Å². The maximum absolute atomic E-state index is 12.2. The molecule has 3 nitrogen and oxygen atoms in total. The van der Waals surface area contributed by atoms with Crippen molar-refractivity contribution in [1.29, 1.82) is 0 Å². The van der Waals surface area contributed by atoms with E-state index in [1.54, 1.807) is 0 Å². The highest BCUT2D eigenvalue weighted by Gasteiger charge is 2.29. The summed E-state index contributed by atoms with van der Waals surface area (Å²) in [5.41, 5.74) is 3.76. The van der Waals surface area contributed by atoms with Crippen molar-refractivity contribution < 1.29 is 4.79 Å². The number of aryl methyl sites for hydroxylation is 1. The Hall–Kier alpha value is -1.35. The first-order valence-electron chi connectivity index (χ1n) is 7.08. The molecule has 2 rings (SSSR count). The number of benzene rings is 1. The number of rotatable bonds is 4. The van der Waals surface area contributed by atoms with Crippen LogP contribution in [0.5, 0.6) is 0 Å². The van der Waals surface area contributed by atoms with Crippen LogP contribution in [0.15, 0.2) is 18.2 Å². The van der Waals surface area contributed by atoms with Crippen molar-refractivity contribution in [3.8, 4) is 0 Å². The zero-order valence-corrected chi connectivity index (χ0v) is 12.3. The highest BCUT2D eigenvalue weighted by molar-refractivity contribution is 5.79. The third-order valence-electron chi connectivity index (χ3n) is 4.41. The van der Waals surface area contributed by atoms with E-state index in [4.69, 9.17) is 0 Å². The van der Waals surface area contributed by atoms with Crippen molar-refractivity contribution in [3.63, 3.8) is 0 Å². The van der Waals surface area contributed by atoms with Gasteiger partial charge in [0.25, 0.3) is 0 Å². The fourth-order valence-corrected chi connectivity index (χ4v) is 2.54.